The van der Waals surface area contributed by atoms with E-state index in [0.717, 1.165) is 6.42 Å². The van der Waals surface area contributed by atoms with Crippen molar-refractivity contribution in [3.05, 3.63) is 22.4 Å². The van der Waals surface area contributed by atoms with Crippen LogP contribution < -0.4 is 5.32 Å². The number of hydrogen-bond acceptors (Lipinski definition) is 4. The zero-order valence-electron chi connectivity index (χ0n) is 12.4. The third kappa shape index (κ3) is 3.83. The lowest BCUT2D eigenvalue weighted by Gasteiger charge is -2.25. The van der Waals surface area contributed by atoms with E-state index in [1.165, 1.54) is 4.88 Å². The van der Waals surface area contributed by atoms with Gasteiger partial charge in [0.2, 0.25) is 5.91 Å². The van der Waals surface area contributed by atoms with Crippen molar-refractivity contribution < 1.29 is 14.7 Å². The highest BCUT2D eigenvalue weighted by atomic mass is 32.1. The molecule has 1 amide bonds. The Morgan fingerprint density at radius 1 is 1.43 bits per heavy atom. The Morgan fingerprint density at radius 2 is 2.14 bits per heavy atom. The highest BCUT2D eigenvalue weighted by molar-refractivity contribution is 7.10. The van der Waals surface area contributed by atoms with Gasteiger partial charge in [-0.05, 0) is 38.4 Å². The fraction of sp³-hybridized carbons (Fsp3) is 0.600. The van der Waals surface area contributed by atoms with Crippen molar-refractivity contribution in [2.24, 2.45) is 11.8 Å². The highest BCUT2D eigenvalue weighted by Crippen LogP contribution is 2.32. The maximum atomic E-state index is 12.3. The normalized spacial score (nSPS) is 23.2. The van der Waals surface area contributed by atoms with E-state index in [-0.39, 0.29) is 17.9 Å². The molecule has 0 aromatic carbocycles. The van der Waals surface area contributed by atoms with Gasteiger partial charge in [-0.1, -0.05) is 12.5 Å². The summed E-state index contributed by atoms with van der Waals surface area (Å²) < 4.78 is 0. The van der Waals surface area contributed by atoms with Crippen molar-refractivity contribution in [2.75, 3.05) is 20.6 Å². The van der Waals surface area contributed by atoms with Gasteiger partial charge in [0.15, 0.2) is 0 Å². The van der Waals surface area contributed by atoms with Crippen LogP contribution >= 0.6 is 11.3 Å². The van der Waals surface area contributed by atoms with Crippen molar-refractivity contribution >= 4 is 23.2 Å². The Labute approximate surface area is 129 Å². The molecule has 1 aliphatic rings. The van der Waals surface area contributed by atoms with Crippen LogP contribution in [0.3, 0.4) is 0 Å². The van der Waals surface area contributed by atoms with E-state index in [1.807, 2.05) is 25.5 Å². The number of aliphatic carboxylic acids is 1. The third-order valence-corrected chi connectivity index (χ3v) is 5.11. The Balaban J connectivity index is 1.95. The van der Waals surface area contributed by atoms with E-state index in [1.54, 1.807) is 11.3 Å². The van der Waals surface area contributed by atoms with E-state index < -0.39 is 11.9 Å². The zero-order chi connectivity index (χ0) is 15.4. The molecule has 0 bridgehead atoms. The number of likely N-dealkylation sites (N-methyl/N-ethyl adjacent to an activating group) is 1. The Morgan fingerprint density at radius 3 is 2.71 bits per heavy atom. The summed E-state index contributed by atoms with van der Waals surface area (Å²) in [6, 6.07) is 4.17. The summed E-state index contributed by atoms with van der Waals surface area (Å²) in [5, 5.41) is 14.1. The van der Waals surface area contributed by atoms with Gasteiger partial charge < -0.3 is 15.3 Å². The standard InChI is InChI=1S/C15H22N2O3S/c1-17(2)12(13-7-4-8-21-13)9-16-14(18)10-5-3-6-11(10)15(19)20/h4,7-8,10-12H,3,5-6,9H2,1-2H3,(H,16,18)(H,19,20). The largest absolute Gasteiger partial charge is 0.481 e. The van der Waals surface area contributed by atoms with Gasteiger partial charge in [0.05, 0.1) is 17.9 Å². The topological polar surface area (TPSA) is 69.6 Å². The van der Waals surface area contributed by atoms with Crippen molar-refractivity contribution in [2.45, 2.75) is 25.3 Å². The number of carbonyl (C=O) groups is 2. The minimum Gasteiger partial charge on any atom is -0.481 e. The predicted octanol–water partition coefficient (Wildman–Crippen LogP) is 1.97. The van der Waals surface area contributed by atoms with Crippen LogP contribution in [-0.4, -0.2) is 42.5 Å². The van der Waals surface area contributed by atoms with Gasteiger partial charge in [0, 0.05) is 11.4 Å². The van der Waals surface area contributed by atoms with Gasteiger partial charge >= 0.3 is 5.97 Å². The molecule has 116 valence electrons. The van der Waals surface area contributed by atoms with Crippen molar-refractivity contribution in [3.63, 3.8) is 0 Å². The van der Waals surface area contributed by atoms with Gasteiger partial charge in [-0.15, -0.1) is 11.3 Å². The number of carboxylic acid groups (broad SMARTS) is 1. The summed E-state index contributed by atoms with van der Waals surface area (Å²) in [6.07, 6.45) is 2.10. The molecule has 0 aliphatic heterocycles. The summed E-state index contributed by atoms with van der Waals surface area (Å²) in [7, 11) is 3.96. The Bertz CT molecular complexity index is 487. The molecule has 1 saturated carbocycles. The minimum atomic E-state index is -0.852. The number of nitrogens with one attached hydrogen (secondary N) is 1. The van der Waals surface area contributed by atoms with Crippen LogP contribution in [0.25, 0.3) is 0 Å². The first-order chi connectivity index (χ1) is 10.0. The molecule has 3 unspecified atom stereocenters. The molecule has 1 heterocycles. The monoisotopic (exact) mass is 310 g/mol. The van der Waals surface area contributed by atoms with E-state index in [2.05, 4.69) is 16.3 Å². The van der Waals surface area contributed by atoms with Crippen LogP contribution in [0, 0.1) is 11.8 Å². The molecule has 0 radical (unpaired) electrons. The van der Waals surface area contributed by atoms with Crippen molar-refractivity contribution in [1.29, 1.82) is 0 Å². The summed E-state index contributed by atoms with van der Waals surface area (Å²) >= 11 is 1.66. The minimum absolute atomic E-state index is 0.122. The first kappa shape index (κ1) is 16.0. The quantitative estimate of drug-likeness (QED) is 0.843. The predicted molar refractivity (Wildman–Crippen MR) is 82.2 cm³/mol. The fourth-order valence-corrected chi connectivity index (χ4v) is 3.84. The first-order valence-corrected chi connectivity index (χ1v) is 8.09. The van der Waals surface area contributed by atoms with E-state index in [0.29, 0.717) is 19.4 Å². The van der Waals surface area contributed by atoms with Gasteiger partial charge in [0.25, 0.3) is 0 Å². The number of carboxylic acids is 1. The molecule has 1 aromatic rings. The Kier molecular flexibility index (Phi) is 5.36. The van der Waals surface area contributed by atoms with Crippen LogP contribution in [0.15, 0.2) is 17.5 Å². The van der Waals surface area contributed by atoms with E-state index >= 15 is 0 Å². The lowest BCUT2D eigenvalue weighted by Crippen LogP contribution is -2.39. The first-order valence-electron chi connectivity index (χ1n) is 7.21. The molecule has 0 saturated heterocycles. The van der Waals surface area contributed by atoms with Crippen molar-refractivity contribution in [1.82, 2.24) is 10.2 Å². The molecule has 21 heavy (non-hydrogen) atoms. The molecule has 6 heteroatoms. The number of thiophene rings is 1. The second kappa shape index (κ2) is 7.04. The van der Waals surface area contributed by atoms with Gasteiger partial charge in [0.1, 0.15) is 0 Å². The van der Waals surface area contributed by atoms with Crippen LogP contribution in [0.2, 0.25) is 0 Å². The molecule has 3 atom stereocenters. The second-order valence-electron chi connectivity index (χ2n) is 5.72. The number of hydrogen-bond donors (Lipinski definition) is 2. The summed E-state index contributed by atoms with van der Waals surface area (Å²) in [5.74, 6) is -1.88. The van der Waals surface area contributed by atoms with Crippen LogP contribution in [0.5, 0.6) is 0 Å². The maximum Gasteiger partial charge on any atom is 0.307 e. The Hall–Kier alpha value is -1.40. The number of carbonyl (C=O) groups excluding carboxylic acids is 1. The van der Waals surface area contributed by atoms with E-state index in [9.17, 15) is 9.59 Å². The molecule has 2 rings (SSSR count). The van der Waals surface area contributed by atoms with Gasteiger partial charge in [-0.3, -0.25) is 9.59 Å². The summed E-state index contributed by atoms with van der Waals surface area (Å²) in [6.45, 7) is 0.509. The molecular formula is C15H22N2O3S. The smallest absolute Gasteiger partial charge is 0.307 e. The van der Waals surface area contributed by atoms with E-state index in [4.69, 9.17) is 5.11 Å². The van der Waals surface area contributed by atoms with Crippen molar-refractivity contribution in [3.8, 4) is 0 Å². The molecule has 2 N–H and O–H groups in total. The van der Waals surface area contributed by atoms with Crippen LogP contribution in [0.4, 0.5) is 0 Å². The maximum absolute atomic E-state index is 12.3. The number of amides is 1. The molecular weight excluding hydrogens is 288 g/mol. The molecule has 1 aromatic heterocycles. The summed E-state index contributed by atoms with van der Waals surface area (Å²) in [5.41, 5.74) is 0. The average Bonchev–Trinajstić information content (AvgIpc) is 3.09. The third-order valence-electron chi connectivity index (χ3n) is 4.13. The lowest BCUT2D eigenvalue weighted by atomic mass is 9.95. The highest BCUT2D eigenvalue weighted by Gasteiger charge is 2.37. The number of nitrogens with zero attached hydrogens (tertiary/aromatic N) is 1. The van der Waals surface area contributed by atoms with Crippen LogP contribution in [-0.2, 0) is 9.59 Å². The molecule has 5 nitrogen and oxygen atoms in total. The van der Waals surface area contributed by atoms with Crippen LogP contribution in [0.1, 0.15) is 30.2 Å². The fourth-order valence-electron chi connectivity index (χ4n) is 2.92. The second-order valence-corrected chi connectivity index (χ2v) is 6.70. The average molecular weight is 310 g/mol. The number of rotatable bonds is 6. The summed E-state index contributed by atoms with van der Waals surface area (Å²) in [4.78, 5) is 26.7. The van der Waals surface area contributed by atoms with Gasteiger partial charge in [-0.2, -0.15) is 0 Å². The molecule has 0 spiro atoms. The zero-order valence-corrected chi connectivity index (χ0v) is 13.2. The molecule has 1 fully saturated rings. The molecule has 1 aliphatic carbocycles. The SMILES string of the molecule is CN(C)C(CNC(=O)C1CCCC1C(=O)O)c1cccs1. The van der Waals surface area contributed by atoms with Gasteiger partial charge in [-0.25, -0.2) is 0 Å². The lowest BCUT2D eigenvalue weighted by molar-refractivity contribution is -0.146.